The van der Waals surface area contributed by atoms with E-state index in [9.17, 15) is 9.59 Å². The summed E-state index contributed by atoms with van der Waals surface area (Å²) < 4.78 is 69.2. The Labute approximate surface area is 576 Å². The summed E-state index contributed by atoms with van der Waals surface area (Å²) in [5, 5.41) is 0.311. The van der Waals surface area contributed by atoms with Gasteiger partial charge in [-0.15, -0.1) is 18.2 Å². The minimum atomic E-state index is -2.60. The number of halogens is 4. The number of alkyl halides is 1. The normalized spacial score (nSPS) is 22.0. The summed E-state index contributed by atoms with van der Waals surface area (Å²) in [4.78, 5) is 27.1. The number of benzene rings is 1. The van der Waals surface area contributed by atoms with Gasteiger partial charge < -0.3 is 13.6 Å². The summed E-state index contributed by atoms with van der Waals surface area (Å²) in [5.41, 5.74) is 0.567. The first-order chi connectivity index (χ1) is 41.9. The van der Waals surface area contributed by atoms with E-state index in [1.807, 2.05) is 13.2 Å². The van der Waals surface area contributed by atoms with E-state index < -0.39 is 91.1 Å². The van der Waals surface area contributed by atoms with Gasteiger partial charge in [0.15, 0.2) is 16.6 Å². The van der Waals surface area contributed by atoms with Crippen LogP contribution in [-0.2, 0) is 46.5 Å². The number of rotatable bonds is 42. The van der Waals surface area contributed by atoms with E-state index in [1.54, 1.807) is 6.08 Å². The molecule has 0 aliphatic carbocycles. The van der Waals surface area contributed by atoms with Gasteiger partial charge in [-0.25, -0.2) is 4.79 Å². The number of allylic oxidation sites excluding steroid dienone is 1. The van der Waals surface area contributed by atoms with Crippen LogP contribution in [0.5, 0.6) is 0 Å². The molecule has 2 fully saturated rings. The maximum absolute atomic E-state index is 13.6. The number of hydrogen-bond donors (Lipinski definition) is 0. The molecule has 11 nitrogen and oxygen atoms in total. The van der Waals surface area contributed by atoms with Gasteiger partial charge in [0.2, 0.25) is 0 Å². The molecule has 1 unspecified atom stereocenters. The first-order valence-electron chi connectivity index (χ1n) is 35.0. The average molecular weight is 1500 g/mol. The molecule has 0 aromatic heterocycles. The number of hydrogen-bond acceptors (Lipinski definition) is 11. The number of fused-ring (bicyclic) bond motifs is 1. The summed E-state index contributed by atoms with van der Waals surface area (Å²) in [6.45, 7) is 55.3. The molecule has 0 saturated carbocycles. The second-order valence-corrected chi connectivity index (χ2v) is 61.6. The molecular formula is C71H128Cl4O11Si3Sn. The Morgan fingerprint density at radius 3 is 1.78 bits per heavy atom. The average Bonchev–Trinajstić information content (AvgIpc) is 1.12. The van der Waals surface area contributed by atoms with Crippen LogP contribution < -0.4 is 0 Å². The maximum atomic E-state index is 13.6. The molecule has 2 aliphatic rings. The number of esters is 2. The molecule has 2 heterocycles. The molecule has 0 amide bonds. The zero-order chi connectivity index (χ0) is 68.2. The quantitative estimate of drug-likeness (QED) is 0.0118. The molecule has 522 valence electrons. The minimum absolute atomic E-state index is 0.000288. The Bertz CT molecular complexity index is 2260. The predicted molar refractivity (Wildman–Crippen MR) is 390 cm³/mol. The van der Waals surface area contributed by atoms with Gasteiger partial charge in [-0.2, -0.15) is 0 Å². The van der Waals surface area contributed by atoms with Crippen molar-refractivity contribution in [1.82, 2.24) is 0 Å². The molecule has 0 bridgehead atoms. The molecule has 2 saturated heterocycles. The zero-order valence-corrected chi connectivity index (χ0v) is 69.3. The van der Waals surface area contributed by atoms with E-state index in [4.69, 9.17) is 88.1 Å². The van der Waals surface area contributed by atoms with E-state index in [0.29, 0.717) is 77.0 Å². The van der Waals surface area contributed by atoms with Gasteiger partial charge in [0.25, 0.3) is 0 Å². The molecule has 0 N–H and O–H groups in total. The Hall–Kier alpha value is -0.191. The third kappa shape index (κ3) is 22.9. The van der Waals surface area contributed by atoms with Crippen molar-refractivity contribution in [3.63, 3.8) is 0 Å². The standard InChI is InChI=1S/C59H101Cl4O11Si3.3C4H9.Sn/c1-22-30-66-51-36-48-55(49(73-77(41(9)10,42(11)12)43(13)14)35-45(69-48)26-24-32-68-76(38(3)4,39(5)6)40(7)8)72-59(51,19)29-28-53(71-52(64)37-60)70-50(58(18,23-2)74-75(20,21)57(15,16)17)27-25-31-67-56(65)54-46(62)33-44(61)34-47(54)63;3*1-3-4-2;/h22-23,30,33-34,38-43,45,48-51,53,55H,1-2,24-29,31-32,35-37H2,3-21H3;3*1,3-4H2,2H3;/b30-22-;;;;/t45-,48-,49+,50-,51+,53?,55-,58+,59-;;;;/m1..../s1. The summed E-state index contributed by atoms with van der Waals surface area (Å²) in [6.07, 6.45) is 14.7. The summed E-state index contributed by atoms with van der Waals surface area (Å²) in [6, 6.07) is 2.91. The van der Waals surface area contributed by atoms with Crippen LogP contribution in [0.3, 0.4) is 0 Å². The Kier molecular flexibility index (Phi) is 35.7. The van der Waals surface area contributed by atoms with Crippen LogP contribution in [0.1, 0.15) is 239 Å². The van der Waals surface area contributed by atoms with Gasteiger partial charge in [0.1, 0.15) is 0 Å². The second-order valence-electron chi connectivity index (χ2n) is 30.4. The smallest absolute Gasteiger partial charge is 0.114 e. The summed E-state index contributed by atoms with van der Waals surface area (Å²) in [5.74, 6) is -1.68. The van der Waals surface area contributed by atoms with Gasteiger partial charge >= 0.3 is 296 Å². The van der Waals surface area contributed by atoms with Crippen LogP contribution in [0.4, 0.5) is 0 Å². The molecule has 1 aromatic carbocycles. The van der Waals surface area contributed by atoms with E-state index >= 15 is 0 Å². The van der Waals surface area contributed by atoms with E-state index in [0.717, 1.165) is 17.3 Å². The predicted octanol–water partition coefficient (Wildman–Crippen LogP) is 22.8. The number of carbonyl (C=O) groups is 2. The third-order valence-electron chi connectivity index (χ3n) is 20.9. The van der Waals surface area contributed by atoms with Crippen LogP contribution >= 0.6 is 46.4 Å². The van der Waals surface area contributed by atoms with Crippen molar-refractivity contribution >= 4 is 102 Å². The zero-order valence-electron chi connectivity index (χ0n) is 60.5. The molecule has 0 spiro atoms. The van der Waals surface area contributed by atoms with Crippen molar-refractivity contribution in [3.8, 4) is 0 Å². The first kappa shape index (κ1) is 84.0. The fourth-order valence-corrected chi connectivity index (χ4v) is 43.8. The molecule has 0 radical (unpaired) electrons. The molecule has 2 aliphatic heterocycles. The van der Waals surface area contributed by atoms with Gasteiger partial charge in [0.05, 0.1) is 22.2 Å². The Balaban J connectivity index is 2.23. The summed E-state index contributed by atoms with van der Waals surface area (Å²) >= 11 is 22.8. The van der Waals surface area contributed by atoms with Crippen molar-refractivity contribution in [3.05, 3.63) is 57.8 Å². The molecule has 9 atom stereocenters. The van der Waals surface area contributed by atoms with E-state index in [2.05, 4.69) is 157 Å². The number of carbonyl (C=O) groups excluding carboxylic acids is 2. The summed E-state index contributed by atoms with van der Waals surface area (Å²) in [7, 11) is -7.07. The topological polar surface area (TPSA) is 117 Å². The molecule has 3 rings (SSSR count). The molecule has 90 heavy (non-hydrogen) atoms. The van der Waals surface area contributed by atoms with Crippen molar-refractivity contribution in [2.45, 2.75) is 352 Å². The van der Waals surface area contributed by atoms with Crippen LogP contribution in [0.15, 0.2) is 37.1 Å². The third-order valence-corrected chi connectivity index (χ3v) is 54.0. The van der Waals surface area contributed by atoms with Crippen molar-refractivity contribution in [1.29, 1.82) is 0 Å². The van der Waals surface area contributed by atoms with Crippen LogP contribution in [0.2, 0.25) is 84.2 Å². The fraction of sp³-hybridized carbons (Fsp3) is 0.831. The Morgan fingerprint density at radius 2 is 1.30 bits per heavy atom. The van der Waals surface area contributed by atoms with Gasteiger partial charge in [-0.1, -0.05) is 145 Å². The SMILES string of the molecule is C=C[C@](C)(O[Si](C)(C)C(C)(C)C)[C@@H](CCCOC(=O)c1c(Cl)cc(Cl)cc1Cl)OC(CC[C@@]1(C)O[C@H]2[C@@H](O[Si](C(C)C)(C(C)C)C(C)C)C[C@@H](CCCO[Si](C(C)C)(C(C)C)C(C)C)O[C@@H]2C[C@@H]1O/C=C\[CH2][Sn]([CH2]CCC)([CH2]CCC)[CH2]CCC)OC(=O)CCl. The van der Waals surface area contributed by atoms with Gasteiger partial charge in [-0.05, 0) is 60.2 Å². The van der Waals surface area contributed by atoms with Gasteiger partial charge in [0, 0.05) is 5.02 Å². The second kappa shape index (κ2) is 38.2. The Morgan fingerprint density at radius 1 is 0.767 bits per heavy atom. The number of ether oxygens (including phenoxy) is 6. The van der Waals surface area contributed by atoms with Gasteiger partial charge in [-0.3, -0.25) is 0 Å². The first-order valence-corrected chi connectivity index (χ1v) is 51.9. The molecular weight excluding hydrogens is 1370 g/mol. The van der Waals surface area contributed by atoms with Crippen LogP contribution in [-0.4, -0.2) is 128 Å². The fourth-order valence-electron chi connectivity index (χ4n) is 15.0. The van der Waals surface area contributed by atoms with E-state index in [1.165, 1.54) is 64.0 Å². The van der Waals surface area contributed by atoms with Crippen LogP contribution in [0.25, 0.3) is 0 Å². The molecule has 1 aromatic rings. The van der Waals surface area contributed by atoms with Crippen LogP contribution in [0, 0.1) is 0 Å². The van der Waals surface area contributed by atoms with Crippen molar-refractivity contribution in [2.24, 2.45) is 0 Å². The van der Waals surface area contributed by atoms with Crippen molar-refractivity contribution < 1.29 is 51.3 Å². The van der Waals surface area contributed by atoms with E-state index in [-0.39, 0.29) is 57.9 Å². The monoisotopic (exact) mass is 1500 g/mol. The van der Waals surface area contributed by atoms with Crippen molar-refractivity contribution in [2.75, 3.05) is 19.1 Å². The molecule has 19 heteroatoms. The minimum Gasteiger partial charge on any atom is -0.114 e. The number of unbranched alkanes of at least 4 members (excludes halogenated alkanes) is 3.